The van der Waals surface area contributed by atoms with Crippen molar-refractivity contribution in [2.45, 2.75) is 45.2 Å². The number of halogens is 1. The largest absolute Gasteiger partial charge is 0.489 e. The van der Waals surface area contributed by atoms with Gasteiger partial charge >= 0.3 is 0 Å². The van der Waals surface area contributed by atoms with Gasteiger partial charge in [0.25, 0.3) is 0 Å². The molecular weight excluding hydrogens is 260 g/mol. The molecule has 1 aliphatic carbocycles. The molecule has 4 heteroatoms. The van der Waals surface area contributed by atoms with Crippen molar-refractivity contribution in [3.05, 3.63) is 24.0 Å². The zero-order chi connectivity index (χ0) is 13.4. The number of para-hydroxylation sites is 1. The summed E-state index contributed by atoms with van der Waals surface area (Å²) >= 11 is 6.04. The number of aromatic nitrogens is 2. The van der Waals surface area contributed by atoms with Gasteiger partial charge < -0.3 is 9.30 Å². The van der Waals surface area contributed by atoms with E-state index in [0.717, 1.165) is 35.1 Å². The number of imidazole rings is 1. The standard InChI is InChI=1S/C15H19ClN2O/c1-10(2)19-13-5-3-4-12-15(13)17-14(8-16)18(12)9-11-6-7-11/h3-5,10-11H,6-9H2,1-2H3. The maximum absolute atomic E-state index is 6.04. The first-order valence-electron chi connectivity index (χ1n) is 6.89. The second-order valence-corrected chi connectivity index (χ2v) is 5.77. The topological polar surface area (TPSA) is 27.1 Å². The molecule has 0 bridgehead atoms. The summed E-state index contributed by atoms with van der Waals surface area (Å²) in [6.45, 7) is 5.09. The van der Waals surface area contributed by atoms with Crippen LogP contribution < -0.4 is 4.74 Å². The summed E-state index contributed by atoms with van der Waals surface area (Å²) in [5, 5.41) is 0. The molecule has 0 aliphatic heterocycles. The molecule has 1 heterocycles. The second-order valence-electron chi connectivity index (χ2n) is 5.51. The number of nitrogens with zero attached hydrogens (tertiary/aromatic N) is 2. The SMILES string of the molecule is CC(C)Oc1cccc2c1nc(CCl)n2CC1CC1. The van der Waals surface area contributed by atoms with Gasteiger partial charge in [-0.25, -0.2) is 4.98 Å². The van der Waals surface area contributed by atoms with Crippen LogP contribution in [0.2, 0.25) is 0 Å². The summed E-state index contributed by atoms with van der Waals surface area (Å²) in [6, 6.07) is 6.12. The Morgan fingerprint density at radius 3 is 2.84 bits per heavy atom. The fraction of sp³-hybridized carbons (Fsp3) is 0.533. The summed E-state index contributed by atoms with van der Waals surface area (Å²) in [6.07, 6.45) is 2.80. The van der Waals surface area contributed by atoms with Crippen LogP contribution in [0.4, 0.5) is 0 Å². The van der Waals surface area contributed by atoms with E-state index in [2.05, 4.69) is 15.6 Å². The smallest absolute Gasteiger partial charge is 0.147 e. The number of fused-ring (bicyclic) bond motifs is 1. The average Bonchev–Trinajstić information content (AvgIpc) is 3.11. The molecule has 1 aromatic carbocycles. The van der Waals surface area contributed by atoms with E-state index in [0.29, 0.717) is 5.88 Å². The molecule has 0 saturated heterocycles. The van der Waals surface area contributed by atoms with Crippen molar-refractivity contribution in [1.29, 1.82) is 0 Å². The molecule has 0 spiro atoms. The van der Waals surface area contributed by atoms with Gasteiger partial charge in [-0.1, -0.05) is 6.07 Å². The number of alkyl halides is 1. The monoisotopic (exact) mass is 278 g/mol. The number of rotatable bonds is 5. The zero-order valence-corrected chi connectivity index (χ0v) is 12.2. The summed E-state index contributed by atoms with van der Waals surface area (Å²) in [4.78, 5) is 4.67. The molecule has 1 aliphatic rings. The molecule has 1 saturated carbocycles. The van der Waals surface area contributed by atoms with Crippen LogP contribution in [0.15, 0.2) is 18.2 Å². The van der Waals surface area contributed by atoms with Crippen molar-refractivity contribution in [1.82, 2.24) is 9.55 Å². The third-order valence-electron chi connectivity index (χ3n) is 3.44. The van der Waals surface area contributed by atoms with E-state index in [9.17, 15) is 0 Å². The van der Waals surface area contributed by atoms with E-state index >= 15 is 0 Å². The van der Waals surface area contributed by atoms with Gasteiger partial charge in [0.2, 0.25) is 0 Å². The maximum atomic E-state index is 6.04. The third kappa shape index (κ3) is 2.57. The van der Waals surface area contributed by atoms with E-state index in [4.69, 9.17) is 16.3 Å². The fourth-order valence-electron chi connectivity index (χ4n) is 2.38. The highest BCUT2D eigenvalue weighted by atomic mass is 35.5. The zero-order valence-electron chi connectivity index (χ0n) is 11.4. The maximum Gasteiger partial charge on any atom is 0.147 e. The number of ether oxygens (including phenoxy) is 1. The van der Waals surface area contributed by atoms with Gasteiger partial charge in [-0.15, -0.1) is 11.6 Å². The molecule has 0 unspecified atom stereocenters. The van der Waals surface area contributed by atoms with Crippen LogP contribution in [-0.2, 0) is 12.4 Å². The number of hydrogen-bond donors (Lipinski definition) is 0. The van der Waals surface area contributed by atoms with Crippen molar-refractivity contribution >= 4 is 22.6 Å². The van der Waals surface area contributed by atoms with Crippen molar-refractivity contribution in [3.8, 4) is 5.75 Å². The lowest BCUT2D eigenvalue weighted by Crippen LogP contribution is -2.06. The summed E-state index contributed by atoms with van der Waals surface area (Å²) in [7, 11) is 0. The van der Waals surface area contributed by atoms with Crippen molar-refractivity contribution < 1.29 is 4.74 Å². The highest BCUT2D eigenvalue weighted by Gasteiger charge is 2.24. The molecule has 0 amide bonds. The van der Waals surface area contributed by atoms with Crippen LogP contribution in [0.1, 0.15) is 32.5 Å². The van der Waals surface area contributed by atoms with Gasteiger partial charge in [-0.2, -0.15) is 0 Å². The van der Waals surface area contributed by atoms with Crippen LogP contribution in [0.5, 0.6) is 5.75 Å². The van der Waals surface area contributed by atoms with Gasteiger partial charge in [0.05, 0.1) is 17.5 Å². The highest BCUT2D eigenvalue weighted by Crippen LogP contribution is 2.34. The van der Waals surface area contributed by atoms with Gasteiger partial charge in [0.1, 0.15) is 17.1 Å². The molecule has 3 rings (SSSR count). The van der Waals surface area contributed by atoms with Crippen molar-refractivity contribution in [3.63, 3.8) is 0 Å². The summed E-state index contributed by atoms with van der Waals surface area (Å²) in [5.74, 6) is 3.05. The minimum atomic E-state index is 0.152. The number of benzene rings is 1. The average molecular weight is 279 g/mol. The Kier molecular flexibility index (Phi) is 3.40. The van der Waals surface area contributed by atoms with Crippen LogP contribution in [0, 0.1) is 5.92 Å². The van der Waals surface area contributed by atoms with Gasteiger partial charge in [-0.3, -0.25) is 0 Å². The molecule has 0 atom stereocenters. The van der Waals surface area contributed by atoms with Crippen LogP contribution >= 0.6 is 11.6 Å². The van der Waals surface area contributed by atoms with Crippen molar-refractivity contribution in [2.75, 3.05) is 0 Å². The lowest BCUT2D eigenvalue weighted by atomic mass is 10.2. The van der Waals surface area contributed by atoms with Gasteiger partial charge in [-0.05, 0) is 44.7 Å². The normalized spacial score (nSPS) is 15.4. The summed E-state index contributed by atoms with van der Waals surface area (Å²) in [5.41, 5.74) is 2.08. The Balaban J connectivity index is 2.07. The molecular formula is C15H19ClN2O. The first kappa shape index (κ1) is 12.8. The molecule has 19 heavy (non-hydrogen) atoms. The second kappa shape index (κ2) is 5.04. The molecule has 2 aromatic rings. The first-order valence-corrected chi connectivity index (χ1v) is 7.43. The minimum absolute atomic E-state index is 0.152. The Hall–Kier alpha value is -1.22. The lowest BCUT2D eigenvalue weighted by Gasteiger charge is -2.10. The Morgan fingerprint density at radius 2 is 2.21 bits per heavy atom. The Labute approximate surface area is 118 Å². The fourth-order valence-corrected chi connectivity index (χ4v) is 2.59. The van der Waals surface area contributed by atoms with Gasteiger partial charge in [0.15, 0.2) is 0 Å². The third-order valence-corrected chi connectivity index (χ3v) is 3.68. The van der Waals surface area contributed by atoms with E-state index in [1.807, 2.05) is 26.0 Å². The highest BCUT2D eigenvalue weighted by molar-refractivity contribution is 6.16. The lowest BCUT2D eigenvalue weighted by molar-refractivity contribution is 0.245. The molecule has 0 radical (unpaired) electrons. The van der Waals surface area contributed by atoms with Crippen LogP contribution in [0.25, 0.3) is 11.0 Å². The van der Waals surface area contributed by atoms with Gasteiger partial charge in [0, 0.05) is 6.54 Å². The van der Waals surface area contributed by atoms with E-state index in [1.165, 1.54) is 12.8 Å². The van der Waals surface area contributed by atoms with E-state index in [-0.39, 0.29) is 6.10 Å². The molecule has 102 valence electrons. The Bertz CT molecular complexity index is 587. The Morgan fingerprint density at radius 1 is 1.42 bits per heavy atom. The molecule has 0 N–H and O–H groups in total. The van der Waals surface area contributed by atoms with Crippen LogP contribution in [0.3, 0.4) is 0 Å². The molecule has 1 fully saturated rings. The quantitative estimate of drug-likeness (QED) is 0.774. The number of hydrogen-bond acceptors (Lipinski definition) is 2. The van der Waals surface area contributed by atoms with Crippen molar-refractivity contribution in [2.24, 2.45) is 5.92 Å². The predicted octanol–water partition coefficient (Wildman–Crippen LogP) is 3.97. The minimum Gasteiger partial charge on any atom is -0.489 e. The molecule has 1 aromatic heterocycles. The molecule has 3 nitrogen and oxygen atoms in total. The predicted molar refractivity (Wildman–Crippen MR) is 77.8 cm³/mol. The van der Waals surface area contributed by atoms with E-state index in [1.54, 1.807) is 0 Å². The van der Waals surface area contributed by atoms with Crippen LogP contribution in [-0.4, -0.2) is 15.7 Å². The first-order chi connectivity index (χ1) is 9.19. The summed E-state index contributed by atoms with van der Waals surface area (Å²) < 4.78 is 8.10. The van der Waals surface area contributed by atoms with E-state index < -0.39 is 0 Å².